The molecule has 0 saturated heterocycles. The smallest absolute Gasteiger partial charge is 0.303 e. The van der Waals surface area contributed by atoms with Crippen LogP contribution in [-0.2, 0) is 4.79 Å². The van der Waals surface area contributed by atoms with Crippen LogP contribution in [0.5, 0.6) is 0 Å². The maximum absolute atomic E-state index is 11.1. The number of fused-ring (bicyclic) bond motifs is 1. The Bertz CT molecular complexity index is 470. The van der Waals surface area contributed by atoms with Crippen LogP contribution in [0.4, 0.5) is 0 Å². The van der Waals surface area contributed by atoms with E-state index in [4.69, 9.17) is 5.11 Å². The van der Waals surface area contributed by atoms with Crippen molar-refractivity contribution in [2.45, 2.75) is 91.3 Å². The number of hydrogen-bond acceptors (Lipinski definition) is 3. The highest BCUT2D eigenvalue weighted by Gasteiger charge is 2.60. The van der Waals surface area contributed by atoms with E-state index in [9.17, 15) is 15.0 Å². The molecule has 0 aliphatic heterocycles. The first kappa shape index (κ1) is 19.7. The van der Waals surface area contributed by atoms with Gasteiger partial charge in [0.25, 0.3) is 0 Å². The van der Waals surface area contributed by atoms with E-state index in [0.29, 0.717) is 12.3 Å². The maximum Gasteiger partial charge on any atom is 0.303 e. The molecule has 0 aromatic carbocycles. The summed E-state index contributed by atoms with van der Waals surface area (Å²) in [7, 11) is 0. The first-order chi connectivity index (χ1) is 10.9. The fourth-order valence-electron chi connectivity index (χ4n) is 6.01. The minimum absolute atomic E-state index is 0.00736. The van der Waals surface area contributed by atoms with Crippen LogP contribution in [0.25, 0.3) is 0 Å². The summed E-state index contributed by atoms with van der Waals surface area (Å²) in [6, 6.07) is 0. The molecule has 140 valence electrons. The quantitative estimate of drug-likeness (QED) is 0.710. The summed E-state index contributed by atoms with van der Waals surface area (Å²) < 4.78 is 0. The molecular formula is C20H36O4. The number of aliphatic carboxylic acids is 1. The van der Waals surface area contributed by atoms with E-state index in [1.165, 1.54) is 6.42 Å². The van der Waals surface area contributed by atoms with Gasteiger partial charge in [-0.3, -0.25) is 4.79 Å². The molecule has 2 aliphatic rings. The summed E-state index contributed by atoms with van der Waals surface area (Å²) in [5.41, 5.74) is -0.912. The van der Waals surface area contributed by atoms with Crippen LogP contribution in [0.2, 0.25) is 0 Å². The Morgan fingerprint density at radius 3 is 2.42 bits per heavy atom. The zero-order chi connectivity index (χ0) is 18.3. The lowest BCUT2D eigenvalue weighted by molar-refractivity contribution is -0.221. The predicted octanol–water partition coefficient (Wildman–Crippen LogP) is 3.84. The summed E-state index contributed by atoms with van der Waals surface area (Å²) in [5.74, 6) is -0.264. The number of aliphatic hydroxyl groups is 2. The van der Waals surface area contributed by atoms with E-state index in [1.807, 2.05) is 6.92 Å². The van der Waals surface area contributed by atoms with Crippen LogP contribution in [0.1, 0.15) is 79.6 Å². The van der Waals surface area contributed by atoms with Crippen molar-refractivity contribution in [1.29, 1.82) is 0 Å². The van der Waals surface area contributed by atoms with Gasteiger partial charge in [0.1, 0.15) is 0 Å². The average Bonchev–Trinajstić information content (AvgIpc) is 2.40. The van der Waals surface area contributed by atoms with Crippen molar-refractivity contribution in [3.8, 4) is 0 Å². The number of rotatable bonds is 5. The lowest BCUT2D eigenvalue weighted by atomic mass is 9.44. The Kier molecular flexibility index (Phi) is 5.42. The van der Waals surface area contributed by atoms with Crippen molar-refractivity contribution in [2.24, 2.45) is 28.6 Å². The molecule has 2 aliphatic carbocycles. The molecule has 3 N–H and O–H groups in total. The second kappa shape index (κ2) is 6.60. The maximum atomic E-state index is 11.1. The van der Waals surface area contributed by atoms with Gasteiger partial charge in [0, 0.05) is 6.42 Å². The van der Waals surface area contributed by atoms with Gasteiger partial charge in [0.2, 0.25) is 0 Å². The molecule has 0 aromatic heterocycles. The van der Waals surface area contributed by atoms with Gasteiger partial charge in [-0.05, 0) is 67.6 Å². The lowest BCUT2D eigenvalue weighted by Gasteiger charge is -2.62. The van der Waals surface area contributed by atoms with E-state index < -0.39 is 17.7 Å². The van der Waals surface area contributed by atoms with E-state index >= 15 is 0 Å². The van der Waals surface area contributed by atoms with Crippen molar-refractivity contribution in [1.82, 2.24) is 0 Å². The topological polar surface area (TPSA) is 77.8 Å². The SMILES string of the molecule is C[C@@H](CC[C@@H]1[C@@](C)(O)[C@H](O)C[C@@H]2C(C)(C)CCC[C@]21C)CC(=O)O. The van der Waals surface area contributed by atoms with Gasteiger partial charge in [-0.15, -0.1) is 0 Å². The molecule has 2 fully saturated rings. The summed E-state index contributed by atoms with van der Waals surface area (Å²) in [4.78, 5) is 10.9. The van der Waals surface area contributed by atoms with Crippen molar-refractivity contribution in [3.63, 3.8) is 0 Å². The van der Waals surface area contributed by atoms with Crippen molar-refractivity contribution < 1.29 is 20.1 Å². The van der Waals surface area contributed by atoms with Gasteiger partial charge in [-0.1, -0.05) is 34.1 Å². The second-order valence-electron chi connectivity index (χ2n) is 9.71. The molecule has 0 spiro atoms. The first-order valence-electron chi connectivity index (χ1n) is 9.53. The van der Waals surface area contributed by atoms with Crippen LogP contribution in [0, 0.1) is 28.6 Å². The van der Waals surface area contributed by atoms with E-state index in [2.05, 4.69) is 20.8 Å². The molecule has 0 amide bonds. The van der Waals surface area contributed by atoms with Crippen molar-refractivity contribution >= 4 is 5.97 Å². The Balaban J connectivity index is 2.25. The average molecular weight is 341 g/mol. The molecule has 0 unspecified atom stereocenters. The van der Waals surface area contributed by atoms with E-state index in [-0.39, 0.29) is 29.1 Å². The Hall–Kier alpha value is -0.610. The van der Waals surface area contributed by atoms with Crippen LogP contribution in [-0.4, -0.2) is 33.0 Å². The highest BCUT2D eigenvalue weighted by atomic mass is 16.4. The van der Waals surface area contributed by atoms with Gasteiger partial charge >= 0.3 is 5.97 Å². The first-order valence-corrected chi connectivity index (χ1v) is 9.53. The summed E-state index contributed by atoms with van der Waals surface area (Å²) >= 11 is 0. The Morgan fingerprint density at radius 1 is 1.21 bits per heavy atom. The number of hydrogen-bond donors (Lipinski definition) is 3. The normalized spacial score (nSPS) is 43.0. The molecule has 6 atom stereocenters. The minimum atomic E-state index is -1.10. The Labute approximate surface area is 146 Å². The van der Waals surface area contributed by atoms with E-state index in [0.717, 1.165) is 25.7 Å². The molecule has 4 heteroatoms. The number of aliphatic hydroxyl groups excluding tert-OH is 1. The lowest BCUT2D eigenvalue weighted by Crippen LogP contribution is -2.63. The zero-order valence-corrected chi connectivity index (χ0v) is 16.0. The fourth-order valence-corrected chi connectivity index (χ4v) is 6.01. The standard InChI is InChI=1S/C20H36O4/c1-13(11-17(22)23)7-8-14-19(4)10-6-9-18(2,3)15(19)12-16(21)20(14,5)24/h13-16,21,24H,6-12H2,1-5H3,(H,22,23)/t13-,14-,15+,16+,19-,20+/m0/s1. The van der Waals surface area contributed by atoms with Crippen molar-refractivity contribution in [3.05, 3.63) is 0 Å². The molecule has 0 radical (unpaired) electrons. The Morgan fingerprint density at radius 2 is 1.83 bits per heavy atom. The van der Waals surface area contributed by atoms with Gasteiger partial charge in [0.05, 0.1) is 11.7 Å². The third-order valence-electron chi connectivity index (χ3n) is 7.38. The molecule has 0 aromatic rings. The van der Waals surface area contributed by atoms with Gasteiger partial charge in [0.15, 0.2) is 0 Å². The monoisotopic (exact) mass is 340 g/mol. The predicted molar refractivity (Wildman–Crippen MR) is 94.6 cm³/mol. The third kappa shape index (κ3) is 3.50. The summed E-state index contributed by atoms with van der Waals surface area (Å²) in [6.07, 6.45) is 5.11. The fraction of sp³-hybridized carbons (Fsp3) is 0.950. The largest absolute Gasteiger partial charge is 0.481 e. The van der Waals surface area contributed by atoms with E-state index in [1.54, 1.807) is 6.92 Å². The number of carboxylic acids is 1. The molecule has 4 nitrogen and oxygen atoms in total. The van der Waals surface area contributed by atoms with Crippen LogP contribution in [0.3, 0.4) is 0 Å². The number of carboxylic acid groups (broad SMARTS) is 1. The molecule has 24 heavy (non-hydrogen) atoms. The van der Waals surface area contributed by atoms with Crippen LogP contribution < -0.4 is 0 Å². The molecular weight excluding hydrogens is 304 g/mol. The number of carbonyl (C=O) groups is 1. The highest BCUT2D eigenvalue weighted by Crippen LogP contribution is 2.63. The van der Waals surface area contributed by atoms with Crippen molar-refractivity contribution in [2.75, 3.05) is 0 Å². The second-order valence-corrected chi connectivity index (χ2v) is 9.71. The third-order valence-corrected chi connectivity index (χ3v) is 7.38. The van der Waals surface area contributed by atoms with Crippen LogP contribution >= 0.6 is 0 Å². The van der Waals surface area contributed by atoms with Gasteiger partial charge in [-0.25, -0.2) is 0 Å². The minimum Gasteiger partial charge on any atom is -0.481 e. The molecule has 0 bridgehead atoms. The molecule has 0 heterocycles. The van der Waals surface area contributed by atoms with Crippen LogP contribution in [0.15, 0.2) is 0 Å². The molecule has 2 rings (SSSR count). The summed E-state index contributed by atoms with van der Waals surface area (Å²) in [6.45, 7) is 10.6. The van der Waals surface area contributed by atoms with Gasteiger partial charge in [-0.2, -0.15) is 0 Å². The molecule has 2 saturated carbocycles. The highest BCUT2D eigenvalue weighted by molar-refractivity contribution is 5.66. The zero-order valence-electron chi connectivity index (χ0n) is 16.0. The summed E-state index contributed by atoms with van der Waals surface area (Å²) in [5, 5.41) is 30.7. The van der Waals surface area contributed by atoms with Gasteiger partial charge < -0.3 is 15.3 Å².